The second-order valence-electron chi connectivity index (χ2n) is 5.39. The molecule has 0 aliphatic heterocycles. The number of para-hydroxylation sites is 2. The first-order valence-electron chi connectivity index (χ1n) is 7.68. The molecule has 0 saturated carbocycles. The molecule has 2 aromatic rings. The molecule has 1 heterocycles. The monoisotopic (exact) mass is 363 g/mol. The van der Waals surface area contributed by atoms with Gasteiger partial charge in [-0.1, -0.05) is 12.1 Å². The van der Waals surface area contributed by atoms with E-state index in [1.165, 1.54) is 11.4 Å². The Hall–Kier alpha value is -2.61. The average Bonchev–Trinajstić information content (AvgIpc) is 2.60. The summed E-state index contributed by atoms with van der Waals surface area (Å²) in [6, 6.07) is 10.4. The second-order valence-corrected chi connectivity index (χ2v) is 7.30. The molecule has 0 unspecified atom stereocenters. The number of rotatable bonds is 8. The minimum absolute atomic E-state index is 0.0292. The number of hydrogen-bond donors (Lipinski definition) is 1. The summed E-state index contributed by atoms with van der Waals surface area (Å²) in [5.74, 6) is 0.200. The van der Waals surface area contributed by atoms with Crippen LogP contribution in [-0.4, -0.2) is 39.2 Å². The molecule has 0 aliphatic rings. The van der Waals surface area contributed by atoms with Crippen LogP contribution in [-0.2, 0) is 21.4 Å². The lowest BCUT2D eigenvalue weighted by molar-refractivity contribution is -0.121. The van der Waals surface area contributed by atoms with Gasteiger partial charge in [0, 0.05) is 31.9 Å². The van der Waals surface area contributed by atoms with E-state index in [-0.39, 0.29) is 18.9 Å². The van der Waals surface area contributed by atoms with Crippen molar-refractivity contribution in [3.63, 3.8) is 0 Å². The van der Waals surface area contributed by atoms with Crippen molar-refractivity contribution in [2.45, 2.75) is 13.0 Å². The molecule has 1 amide bonds. The number of benzene rings is 1. The van der Waals surface area contributed by atoms with Crippen molar-refractivity contribution in [1.82, 2.24) is 10.3 Å². The third-order valence-electron chi connectivity index (χ3n) is 3.54. The zero-order chi connectivity index (χ0) is 18.3. The van der Waals surface area contributed by atoms with E-state index in [1.54, 1.807) is 48.8 Å². The van der Waals surface area contributed by atoms with E-state index in [4.69, 9.17) is 4.74 Å². The van der Waals surface area contributed by atoms with Gasteiger partial charge in [-0.25, -0.2) is 8.42 Å². The minimum atomic E-state index is -3.55. The Bertz CT molecular complexity index is 810. The smallest absolute Gasteiger partial charge is 0.232 e. The summed E-state index contributed by atoms with van der Waals surface area (Å²) in [5, 5.41) is 2.77. The van der Waals surface area contributed by atoms with Gasteiger partial charge in [-0.15, -0.1) is 0 Å². The van der Waals surface area contributed by atoms with Crippen LogP contribution in [0.25, 0.3) is 0 Å². The molecule has 0 aliphatic carbocycles. The van der Waals surface area contributed by atoms with Crippen molar-refractivity contribution < 1.29 is 17.9 Å². The molecule has 7 nitrogen and oxygen atoms in total. The number of carbonyl (C=O) groups is 1. The highest BCUT2D eigenvalue weighted by atomic mass is 32.2. The maximum atomic E-state index is 12.1. The number of pyridine rings is 1. The predicted octanol–water partition coefficient (Wildman–Crippen LogP) is 1.56. The highest BCUT2D eigenvalue weighted by Crippen LogP contribution is 2.29. The van der Waals surface area contributed by atoms with Crippen molar-refractivity contribution >= 4 is 21.6 Å². The van der Waals surface area contributed by atoms with E-state index in [9.17, 15) is 13.2 Å². The predicted molar refractivity (Wildman–Crippen MR) is 95.9 cm³/mol. The van der Waals surface area contributed by atoms with Crippen LogP contribution in [0.5, 0.6) is 5.75 Å². The molecule has 0 spiro atoms. The first-order chi connectivity index (χ1) is 11.9. The van der Waals surface area contributed by atoms with Gasteiger partial charge in [-0.2, -0.15) is 0 Å². The summed E-state index contributed by atoms with van der Waals surface area (Å²) < 4.78 is 30.6. The molecular weight excluding hydrogens is 342 g/mol. The molecule has 1 aromatic heterocycles. The molecular formula is C17H21N3O4S. The Morgan fingerprint density at radius 3 is 2.52 bits per heavy atom. The molecule has 25 heavy (non-hydrogen) atoms. The summed E-state index contributed by atoms with van der Waals surface area (Å²) in [7, 11) is -2.08. The largest absolute Gasteiger partial charge is 0.495 e. The van der Waals surface area contributed by atoms with Crippen LogP contribution in [0.2, 0.25) is 0 Å². The zero-order valence-electron chi connectivity index (χ0n) is 14.2. The van der Waals surface area contributed by atoms with Crippen LogP contribution < -0.4 is 14.4 Å². The van der Waals surface area contributed by atoms with Crippen LogP contribution in [0.3, 0.4) is 0 Å². The van der Waals surface area contributed by atoms with Crippen molar-refractivity contribution in [3.05, 3.63) is 54.4 Å². The molecule has 0 saturated heterocycles. The van der Waals surface area contributed by atoms with Gasteiger partial charge in [0.15, 0.2) is 0 Å². The topological polar surface area (TPSA) is 88.6 Å². The Kier molecular flexibility index (Phi) is 6.35. The van der Waals surface area contributed by atoms with Gasteiger partial charge in [-0.3, -0.25) is 14.1 Å². The van der Waals surface area contributed by atoms with E-state index in [0.717, 1.165) is 11.8 Å². The van der Waals surface area contributed by atoms with Gasteiger partial charge in [0.1, 0.15) is 5.75 Å². The third kappa shape index (κ3) is 5.46. The normalized spacial score (nSPS) is 11.0. The number of hydrogen-bond acceptors (Lipinski definition) is 5. The van der Waals surface area contributed by atoms with E-state index < -0.39 is 10.0 Å². The maximum absolute atomic E-state index is 12.1. The lowest BCUT2D eigenvalue weighted by atomic mass is 10.2. The van der Waals surface area contributed by atoms with Gasteiger partial charge in [0.05, 0.1) is 19.1 Å². The van der Waals surface area contributed by atoms with Crippen LogP contribution in [0, 0.1) is 0 Å². The fourth-order valence-corrected chi connectivity index (χ4v) is 3.22. The van der Waals surface area contributed by atoms with Gasteiger partial charge in [0.2, 0.25) is 15.9 Å². The van der Waals surface area contributed by atoms with Gasteiger partial charge in [-0.05, 0) is 29.8 Å². The van der Waals surface area contributed by atoms with E-state index >= 15 is 0 Å². The number of anilines is 1. The highest BCUT2D eigenvalue weighted by Gasteiger charge is 2.21. The van der Waals surface area contributed by atoms with Crippen molar-refractivity contribution in [1.29, 1.82) is 0 Å². The summed E-state index contributed by atoms with van der Waals surface area (Å²) in [5.41, 5.74) is 1.34. The first kappa shape index (κ1) is 18.7. The molecule has 1 aromatic carbocycles. The standard InChI is InChI=1S/C17H21N3O4S/c1-24-16-6-4-3-5-15(16)20(25(2,22)23)12-9-17(21)19-13-14-7-10-18-11-8-14/h3-8,10-11H,9,12-13H2,1-2H3,(H,19,21). The fourth-order valence-electron chi connectivity index (χ4n) is 2.29. The Morgan fingerprint density at radius 2 is 1.88 bits per heavy atom. The lowest BCUT2D eigenvalue weighted by Gasteiger charge is -2.24. The molecule has 8 heteroatoms. The SMILES string of the molecule is COc1ccccc1N(CCC(=O)NCc1ccncc1)S(C)(=O)=O. The molecule has 0 atom stereocenters. The molecule has 2 rings (SSSR count). The first-order valence-corrected chi connectivity index (χ1v) is 9.53. The number of carbonyl (C=O) groups excluding carboxylic acids is 1. The summed E-state index contributed by atoms with van der Waals surface area (Å²) in [6.45, 7) is 0.399. The van der Waals surface area contributed by atoms with Crippen LogP contribution in [0.1, 0.15) is 12.0 Å². The highest BCUT2D eigenvalue weighted by molar-refractivity contribution is 7.92. The summed E-state index contributed by atoms with van der Waals surface area (Å²) in [6.07, 6.45) is 4.44. The van der Waals surface area contributed by atoms with Gasteiger partial charge in [0.25, 0.3) is 0 Å². The molecule has 0 radical (unpaired) electrons. The van der Waals surface area contributed by atoms with Crippen molar-refractivity contribution in [2.75, 3.05) is 24.2 Å². The number of methoxy groups -OCH3 is 1. The zero-order valence-corrected chi connectivity index (χ0v) is 15.0. The quantitative estimate of drug-likeness (QED) is 0.769. The van der Waals surface area contributed by atoms with E-state index in [2.05, 4.69) is 10.3 Å². The van der Waals surface area contributed by atoms with Crippen LogP contribution >= 0.6 is 0 Å². The van der Waals surface area contributed by atoms with Crippen LogP contribution in [0.15, 0.2) is 48.8 Å². The van der Waals surface area contributed by atoms with Gasteiger partial charge < -0.3 is 10.1 Å². The van der Waals surface area contributed by atoms with Crippen molar-refractivity contribution in [3.8, 4) is 5.75 Å². The molecule has 134 valence electrons. The lowest BCUT2D eigenvalue weighted by Crippen LogP contribution is -2.34. The average molecular weight is 363 g/mol. The number of amides is 1. The third-order valence-corrected chi connectivity index (χ3v) is 4.72. The fraction of sp³-hybridized carbons (Fsp3) is 0.294. The molecule has 0 bridgehead atoms. The maximum Gasteiger partial charge on any atom is 0.232 e. The van der Waals surface area contributed by atoms with Crippen LogP contribution in [0.4, 0.5) is 5.69 Å². The molecule has 1 N–H and O–H groups in total. The Morgan fingerprint density at radius 1 is 1.20 bits per heavy atom. The number of sulfonamides is 1. The van der Waals surface area contributed by atoms with E-state index in [1.807, 2.05) is 0 Å². The minimum Gasteiger partial charge on any atom is -0.495 e. The van der Waals surface area contributed by atoms with Gasteiger partial charge >= 0.3 is 0 Å². The Balaban J connectivity index is 2.02. The molecule has 0 fully saturated rings. The number of aromatic nitrogens is 1. The number of nitrogens with zero attached hydrogens (tertiary/aromatic N) is 2. The summed E-state index contributed by atoms with van der Waals surface area (Å²) in [4.78, 5) is 16.0. The number of nitrogens with one attached hydrogen (secondary N) is 1. The van der Waals surface area contributed by atoms with Crippen molar-refractivity contribution in [2.24, 2.45) is 0 Å². The number of ether oxygens (including phenoxy) is 1. The summed E-state index contributed by atoms with van der Waals surface area (Å²) >= 11 is 0. The Labute approximate surface area is 147 Å². The second kappa shape index (κ2) is 8.48. The van der Waals surface area contributed by atoms with E-state index in [0.29, 0.717) is 18.0 Å².